The first-order valence-electron chi connectivity index (χ1n) is 6.61. The first-order valence-corrected chi connectivity index (χ1v) is 6.99. The molecular weight excluding hydrogens is 286 g/mol. The molecule has 1 aromatic heterocycles. The van der Waals surface area contributed by atoms with Gasteiger partial charge in [-0.2, -0.15) is 4.98 Å². The Kier molecular flexibility index (Phi) is 3.99. The molecule has 0 fully saturated rings. The number of hydrogen-bond donors (Lipinski definition) is 1. The highest BCUT2D eigenvalue weighted by atomic mass is 35.5. The number of nitrogens with two attached hydrogens (primary N) is 1. The van der Waals surface area contributed by atoms with Gasteiger partial charge in [0, 0.05) is 23.0 Å². The maximum Gasteiger partial charge on any atom is 0.228 e. The van der Waals surface area contributed by atoms with E-state index < -0.39 is 0 Å². The molecule has 3 rings (SSSR count). The van der Waals surface area contributed by atoms with Crippen molar-refractivity contribution in [2.45, 2.75) is 12.5 Å². The molecule has 0 bridgehead atoms. The van der Waals surface area contributed by atoms with Gasteiger partial charge in [0.1, 0.15) is 0 Å². The van der Waals surface area contributed by atoms with E-state index >= 15 is 0 Å². The molecule has 2 aromatic carbocycles. The number of nitrogens with zero attached hydrogens (tertiary/aromatic N) is 2. The fraction of sp³-hybridized carbons (Fsp3) is 0.125. The fourth-order valence-corrected chi connectivity index (χ4v) is 2.28. The zero-order valence-electron chi connectivity index (χ0n) is 11.2. The van der Waals surface area contributed by atoms with Gasteiger partial charge in [-0.25, -0.2) is 0 Å². The first-order chi connectivity index (χ1) is 10.2. The third-order valence-corrected chi connectivity index (χ3v) is 3.41. The summed E-state index contributed by atoms with van der Waals surface area (Å²) in [6, 6.07) is 17.0. The highest BCUT2D eigenvalue weighted by Gasteiger charge is 2.13. The van der Waals surface area contributed by atoms with E-state index in [1.165, 1.54) is 0 Å². The molecule has 4 nitrogen and oxygen atoms in total. The van der Waals surface area contributed by atoms with Gasteiger partial charge in [-0.15, -0.1) is 0 Å². The van der Waals surface area contributed by atoms with Crippen LogP contribution < -0.4 is 5.73 Å². The Morgan fingerprint density at radius 2 is 1.90 bits per heavy atom. The standard InChI is InChI=1S/C16H14ClN3O/c17-13-8-4-7-12(9-13)16-19-15(21-20-16)10-14(18)11-5-2-1-3-6-11/h1-9,14H,10,18H2. The van der Waals surface area contributed by atoms with E-state index in [1.54, 1.807) is 12.1 Å². The van der Waals surface area contributed by atoms with Gasteiger partial charge in [0.2, 0.25) is 11.7 Å². The van der Waals surface area contributed by atoms with Gasteiger partial charge in [0.05, 0.1) is 0 Å². The van der Waals surface area contributed by atoms with E-state index in [0.29, 0.717) is 23.2 Å². The summed E-state index contributed by atoms with van der Waals surface area (Å²) in [6.07, 6.45) is 0.498. The van der Waals surface area contributed by atoms with Crippen LogP contribution in [0.5, 0.6) is 0 Å². The van der Waals surface area contributed by atoms with Crippen molar-refractivity contribution in [3.8, 4) is 11.4 Å². The van der Waals surface area contributed by atoms with Crippen LogP contribution in [0.15, 0.2) is 59.1 Å². The number of rotatable bonds is 4. The van der Waals surface area contributed by atoms with Gasteiger partial charge in [-0.1, -0.05) is 59.2 Å². The molecule has 1 heterocycles. The summed E-state index contributed by atoms with van der Waals surface area (Å²) in [6.45, 7) is 0. The number of halogens is 1. The van der Waals surface area contributed by atoms with Gasteiger partial charge in [0.15, 0.2) is 0 Å². The van der Waals surface area contributed by atoms with Crippen LogP contribution in [0.2, 0.25) is 5.02 Å². The van der Waals surface area contributed by atoms with Gasteiger partial charge in [-0.05, 0) is 17.7 Å². The predicted octanol–water partition coefficient (Wildman–Crippen LogP) is 3.63. The summed E-state index contributed by atoms with van der Waals surface area (Å²) in [5.74, 6) is 1.04. The molecule has 5 heteroatoms. The average Bonchev–Trinajstić information content (AvgIpc) is 2.97. The molecule has 0 radical (unpaired) electrons. The zero-order chi connectivity index (χ0) is 14.7. The third kappa shape index (κ3) is 3.29. The predicted molar refractivity (Wildman–Crippen MR) is 81.8 cm³/mol. The van der Waals surface area contributed by atoms with Crippen molar-refractivity contribution in [2.75, 3.05) is 0 Å². The fourth-order valence-electron chi connectivity index (χ4n) is 2.09. The van der Waals surface area contributed by atoms with Gasteiger partial charge in [-0.3, -0.25) is 0 Å². The van der Waals surface area contributed by atoms with Crippen molar-refractivity contribution in [2.24, 2.45) is 5.73 Å². The van der Waals surface area contributed by atoms with E-state index in [-0.39, 0.29) is 6.04 Å². The van der Waals surface area contributed by atoms with E-state index in [4.69, 9.17) is 21.9 Å². The minimum absolute atomic E-state index is 0.168. The Hall–Kier alpha value is -2.17. The Bertz CT molecular complexity index is 727. The maximum atomic E-state index is 6.15. The summed E-state index contributed by atoms with van der Waals surface area (Å²) >= 11 is 5.96. The molecule has 0 saturated carbocycles. The lowest BCUT2D eigenvalue weighted by molar-refractivity contribution is 0.370. The number of aromatic nitrogens is 2. The monoisotopic (exact) mass is 299 g/mol. The SMILES string of the molecule is NC(Cc1nc(-c2cccc(Cl)c2)no1)c1ccccc1. The van der Waals surface area contributed by atoms with Crippen molar-refractivity contribution in [1.29, 1.82) is 0 Å². The normalized spacial score (nSPS) is 12.3. The maximum absolute atomic E-state index is 6.15. The van der Waals surface area contributed by atoms with E-state index in [9.17, 15) is 0 Å². The minimum Gasteiger partial charge on any atom is -0.339 e. The number of benzene rings is 2. The van der Waals surface area contributed by atoms with Crippen molar-refractivity contribution >= 4 is 11.6 Å². The molecule has 1 atom stereocenters. The quantitative estimate of drug-likeness (QED) is 0.799. The second-order valence-corrected chi connectivity index (χ2v) is 5.18. The van der Waals surface area contributed by atoms with Gasteiger partial charge >= 0.3 is 0 Å². The smallest absolute Gasteiger partial charge is 0.228 e. The second kappa shape index (κ2) is 6.08. The van der Waals surface area contributed by atoms with Crippen LogP contribution in [0, 0.1) is 0 Å². The van der Waals surface area contributed by atoms with Crippen LogP contribution in [0.25, 0.3) is 11.4 Å². The Balaban J connectivity index is 1.76. The Morgan fingerprint density at radius 1 is 1.10 bits per heavy atom. The molecule has 21 heavy (non-hydrogen) atoms. The highest BCUT2D eigenvalue weighted by Crippen LogP contribution is 2.21. The first kappa shape index (κ1) is 13.8. The van der Waals surface area contributed by atoms with Crippen LogP contribution in [-0.2, 0) is 6.42 Å². The second-order valence-electron chi connectivity index (χ2n) is 4.74. The number of hydrogen-bond acceptors (Lipinski definition) is 4. The summed E-state index contributed by atoms with van der Waals surface area (Å²) in [7, 11) is 0. The van der Waals surface area contributed by atoms with E-state index in [1.807, 2.05) is 42.5 Å². The van der Waals surface area contributed by atoms with E-state index in [0.717, 1.165) is 11.1 Å². The summed E-state index contributed by atoms with van der Waals surface area (Å²) in [4.78, 5) is 4.37. The molecule has 1 unspecified atom stereocenters. The van der Waals surface area contributed by atoms with Crippen LogP contribution in [0.4, 0.5) is 0 Å². The van der Waals surface area contributed by atoms with Crippen molar-refractivity contribution in [3.05, 3.63) is 71.1 Å². The van der Waals surface area contributed by atoms with Crippen LogP contribution in [0.1, 0.15) is 17.5 Å². The van der Waals surface area contributed by atoms with Crippen molar-refractivity contribution in [3.63, 3.8) is 0 Å². The molecule has 0 saturated heterocycles. The van der Waals surface area contributed by atoms with Crippen LogP contribution in [0.3, 0.4) is 0 Å². The average molecular weight is 300 g/mol. The van der Waals surface area contributed by atoms with E-state index in [2.05, 4.69) is 10.1 Å². The van der Waals surface area contributed by atoms with Crippen molar-refractivity contribution in [1.82, 2.24) is 10.1 Å². The van der Waals surface area contributed by atoms with Gasteiger partial charge in [0.25, 0.3) is 0 Å². The molecule has 0 spiro atoms. The highest BCUT2D eigenvalue weighted by molar-refractivity contribution is 6.30. The molecule has 2 N–H and O–H groups in total. The minimum atomic E-state index is -0.168. The van der Waals surface area contributed by atoms with Crippen molar-refractivity contribution < 1.29 is 4.52 Å². The molecule has 0 amide bonds. The molecule has 0 aliphatic heterocycles. The topological polar surface area (TPSA) is 64.9 Å². The molecule has 106 valence electrons. The summed E-state index contributed by atoms with van der Waals surface area (Å²) < 4.78 is 5.27. The molecular formula is C16H14ClN3O. The van der Waals surface area contributed by atoms with Crippen LogP contribution in [-0.4, -0.2) is 10.1 Å². The summed E-state index contributed by atoms with van der Waals surface area (Å²) in [5, 5.41) is 4.61. The lowest BCUT2D eigenvalue weighted by atomic mass is 10.1. The summed E-state index contributed by atoms with van der Waals surface area (Å²) in [5.41, 5.74) is 8.02. The lowest BCUT2D eigenvalue weighted by Crippen LogP contribution is -2.13. The van der Waals surface area contributed by atoms with Gasteiger partial charge < -0.3 is 10.3 Å². The zero-order valence-corrected chi connectivity index (χ0v) is 12.0. The lowest BCUT2D eigenvalue weighted by Gasteiger charge is -2.08. The Labute approximate surface area is 127 Å². The largest absolute Gasteiger partial charge is 0.339 e. The molecule has 0 aliphatic rings. The van der Waals surface area contributed by atoms with Crippen LogP contribution >= 0.6 is 11.6 Å². The molecule has 0 aliphatic carbocycles. The Morgan fingerprint density at radius 3 is 2.67 bits per heavy atom. The molecule has 3 aromatic rings. The third-order valence-electron chi connectivity index (χ3n) is 3.17.